The van der Waals surface area contributed by atoms with Crippen molar-refractivity contribution in [2.24, 2.45) is 16.8 Å². The summed E-state index contributed by atoms with van der Waals surface area (Å²) in [4.78, 5) is 35.8. The van der Waals surface area contributed by atoms with Crippen molar-refractivity contribution < 1.29 is 14.7 Å². The Morgan fingerprint density at radius 2 is 1.65 bits per heavy atom. The van der Waals surface area contributed by atoms with Crippen molar-refractivity contribution in [2.45, 2.75) is 114 Å². The van der Waals surface area contributed by atoms with Gasteiger partial charge in [-0.3, -0.25) is 14.6 Å². The minimum absolute atomic E-state index is 0.167. The SMILES string of the molecule is CC(=O)NC1C=CN(C2=Nc3ccccc3N(C3CC4CCCC(C3)N4C3CC4CCCC(C4)C3)C2O)C(=O)N1. The molecule has 6 aliphatic rings. The molecule has 0 radical (unpaired) electrons. The quantitative estimate of drug-likeness (QED) is 0.527. The van der Waals surface area contributed by atoms with Crippen molar-refractivity contribution in [2.75, 3.05) is 4.90 Å². The Hall–Kier alpha value is -2.91. The molecule has 9 nitrogen and oxygen atoms in total. The van der Waals surface area contributed by atoms with Crippen LogP contribution in [0.4, 0.5) is 16.2 Å². The highest BCUT2D eigenvalue weighted by Crippen LogP contribution is 2.48. The number of piperidine rings is 2. The van der Waals surface area contributed by atoms with E-state index in [1.54, 1.807) is 12.3 Å². The summed E-state index contributed by atoms with van der Waals surface area (Å²) in [7, 11) is 0. The summed E-state index contributed by atoms with van der Waals surface area (Å²) < 4.78 is 0. The third-order valence-electron chi connectivity index (χ3n) is 10.3. The molecule has 3 N–H and O–H groups in total. The predicted octanol–water partition coefficient (Wildman–Crippen LogP) is 4.21. The second-order valence-electron chi connectivity index (χ2n) is 12.9. The topological polar surface area (TPSA) is 101 Å². The molecule has 4 fully saturated rings. The van der Waals surface area contributed by atoms with Gasteiger partial charge < -0.3 is 20.6 Å². The Bertz CT molecular complexity index is 1190. The molecular weight excluding hydrogens is 504 g/mol. The number of para-hydroxylation sites is 2. The molecule has 2 saturated heterocycles. The molecule has 6 unspecified atom stereocenters. The van der Waals surface area contributed by atoms with Crippen molar-refractivity contribution >= 4 is 29.1 Å². The fourth-order valence-corrected chi connectivity index (χ4v) is 8.92. The van der Waals surface area contributed by atoms with Gasteiger partial charge in [-0.2, -0.15) is 0 Å². The van der Waals surface area contributed by atoms with Gasteiger partial charge in [0.1, 0.15) is 6.17 Å². The van der Waals surface area contributed by atoms with E-state index in [1.807, 2.05) is 24.3 Å². The Morgan fingerprint density at radius 3 is 2.35 bits per heavy atom. The van der Waals surface area contributed by atoms with Crippen molar-refractivity contribution in [1.82, 2.24) is 20.4 Å². The lowest BCUT2D eigenvalue weighted by atomic mass is 9.68. The van der Waals surface area contributed by atoms with E-state index in [-0.39, 0.29) is 11.9 Å². The summed E-state index contributed by atoms with van der Waals surface area (Å²) in [6.45, 7) is 1.41. The van der Waals surface area contributed by atoms with Crippen LogP contribution < -0.4 is 15.5 Å². The number of urea groups is 1. The van der Waals surface area contributed by atoms with E-state index >= 15 is 0 Å². The molecule has 40 heavy (non-hydrogen) atoms. The highest BCUT2D eigenvalue weighted by Gasteiger charge is 2.48. The first-order chi connectivity index (χ1) is 19.4. The van der Waals surface area contributed by atoms with Crippen molar-refractivity contribution in [3.05, 3.63) is 36.5 Å². The van der Waals surface area contributed by atoms with Gasteiger partial charge in [0.05, 0.1) is 11.4 Å². The number of benzene rings is 1. The van der Waals surface area contributed by atoms with Crippen LogP contribution in [0.2, 0.25) is 0 Å². The molecule has 4 heterocycles. The number of carbonyl (C=O) groups is 2. The number of carbonyl (C=O) groups excluding carboxylic acids is 2. The number of aliphatic hydroxyl groups is 1. The summed E-state index contributed by atoms with van der Waals surface area (Å²) in [5.74, 6) is 1.90. The van der Waals surface area contributed by atoms with Crippen LogP contribution in [0.3, 0.4) is 0 Å². The molecule has 4 aliphatic heterocycles. The molecule has 0 aromatic heterocycles. The molecule has 1 aromatic carbocycles. The van der Waals surface area contributed by atoms with E-state index in [9.17, 15) is 14.7 Å². The number of amides is 3. The number of fused-ring (bicyclic) bond motifs is 5. The third-order valence-corrected chi connectivity index (χ3v) is 10.3. The second kappa shape index (κ2) is 10.5. The highest BCUT2D eigenvalue weighted by atomic mass is 16.3. The molecule has 7 rings (SSSR count). The fourth-order valence-electron chi connectivity index (χ4n) is 8.92. The van der Waals surface area contributed by atoms with Gasteiger partial charge in [0.25, 0.3) is 0 Å². The molecule has 6 atom stereocenters. The van der Waals surface area contributed by atoms with Gasteiger partial charge in [0.15, 0.2) is 12.1 Å². The summed E-state index contributed by atoms with van der Waals surface area (Å²) >= 11 is 0. The first-order valence-electron chi connectivity index (χ1n) is 15.4. The molecule has 2 aliphatic carbocycles. The zero-order valence-electron chi connectivity index (χ0n) is 23.4. The smallest absolute Gasteiger partial charge is 0.328 e. The lowest BCUT2D eigenvalue weighted by Crippen LogP contribution is -2.64. The number of anilines is 1. The van der Waals surface area contributed by atoms with Crippen LogP contribution in [0.25, 0.3) is 0 Å². The minimum atomic E-state index is -1.05. The number of aliphatic hydroxyl groups excluding tert-OH is 1. The standard InChI is InChI=1S/C31H42N6O3/c1-19(38)32-28-12-13-35(31(40)34-28)29-30(39)37(27-11-3-2-10-26(27)33-29)25-17-22-8-5-9-23(18-25)36(22)24-15-20-6-4-7-21(14-20)16-24/h2-3,10-13,20-25,28,30,39H,4-9,14-18H2,1H3,(H,32,38)(H,34,40). The average Bonchev–Trinajstić information content (AvgIpc) is 2.92. The zero-order valence-corrected chi connectivity index (χ0v) is 23.4. The van der Waals surface area contributed by atoms with Gasteiger partial charge in [-0.1, -0.05) is 37.8 Å². The van der Waals surface area contributed by atoms with E-state index < -0.39 is 18.4 Å². The van der Waals surface area contributed by atoms with E-state index in [2.05, 4.69) is 20.4 Å². The summed E-state index contributed by atoms with van der Waals surface area (Å²) in [5.41, 5.74) is 1.70. The fraction of sp³-hybridized carbons (Fsp3) is 0.645. The monoisotopic (exact) mass is 546 g/mol. The largest absolute Gasteiger partial charge is 0.367 e. The van der Waals surface area contributed by atoms with Crippen LogP contribution in [0.1, 0.15) is 77.6 Å². The van der Waals surface area contributed by atoms with E-state index in [4.69, 9.17) is 4.99 Å². The molecular formula is C31H42N6O3. The number of hydrogen-bond acceptors (Lipinski definition) is 6. The molecule has 2 saturated carbocycles. The number of hydrogen-bond donors (Lipinski definition) is 3. The lowest BCUT2D eigenvalue weighted by Gasteiger charge is -2.57. The Morgan fingerprint density at radius 1 is 0.950 bits per heavy atom. The third kappa shape index (κ3) is 4.71. The van der Waals surface area contributed by atoms with E-state index in [1.165, 1.54) is 69.6 Å². The van der Waals surface area contributed by atoms with Crippen molar-refractivity contribution in [3.8, 4) is 0 Å². The Balaban J connectivity index is 1.15. The average molecular weight is 547 g/mol. The maximum absolute atomic E-state index is 13.1. The van der Waals surface area contributed by atoms with Crippen molar-refractivity contribution in [1.29, 1.82) is 0 Å². The maximum atomic E-state index is 13.1. The van der Waals surface area contributed by atoms with Crippen LogP contribution in [0.5, 0.6) is 0 Å². The van der Waals surface area contributed by atoms with Crippen LogP contribution >= 0.6 is 0 Å². The molecule has 1 aromatic rings. The first kappa shape index (κ1) is 26.0. The van der Waals surface area contributed by atoms with Crippen LogP contribution in [-0.2, 0) is 4.79 Å². The highest BCUT2D eigenvalue weighted by molar-refractivity contribution is 6.06. The van der Waals surface area contributed by atoms with Gasteiger partial charge in [0, 0.05) is 37.3 Å². The minimum Gasteiger partial charge on any atom is -0.367 e. The number of amidine groups is 1. The van der Waals surface area contributed by atoms with Gasteiger partial charge >= 0.3 is 6.03 Å². The predicted molar refractivity (Wildman–Crippen MR) is 154 cm³/mol. The Kier molecular flexibility index (Phi) is 6.82. The van der Waals surface area contributed by atoms with Crippen LogP contribution in [-0.4, -0.2) is 69.2 Å². The molecule has 9 heteroatoms. The normalized spacial score (nSPS) is 37.4. The van der Waals surface area contributed by atoms with Gasteiger partial charge in [-0.25, -0.2) is 9.79 Å². The van der Waals surface area contributed by atoms with Gasteiger partial charge in [-0.15, -0.1) is 0 Å². The summed E-state index contributed by atoms with van der Waals surface area (Å²) in [5, 5.41) is 17.3. The Labute approximate surface area is 236 Å². The first-order valence-corrected chi connectivity index (χ1v) is 15.4. The maximum Gasteiger partial charge on any atom is 0.328 e. The molecule has 214 valence electrons. The van der Waals surface area contributed by atoms with E-state index in [0.717, 1.165) is 42.1 Å². The second-order valence-corrected chi connectivity index (χ2v) is 12.9. The van der Waals surface area contributed by atoms with Gasteiger partial charge in [0.2, 0.25) is 5.91 Å². The molecule has 4 bridgehead atoms. The van der Waals surface area contributed by atoms with Crippen molar-refractivity contribution in [3.63, 3.8) is 0 Å². The molecule has 0 spiro atoms. The number of nitrogens with one attached hydrogen (secondary N) is 2. The number of rotatable bonds is 3. The van der Waals surface area contributed by atoms with Crippen LogP contribution in [0, 0.1) is 11.8 Å². The summed E-state index contributed by atoms with van der Waals surface area (Å²) in [6.07, 6.45) is 15.9. The number of aliphatic imine (C=N–C) groups is 1. The van der Waals surface area contributed by atoms with Crippen LogP contribution in [0.15, 0.2) is 41.5 Å². The number of nitrogens with zero attached hydrogens (tertiary/aromatic N) is 4. The molecule has 3 amide bonds. The lowest BCUT2D eigenvalue weighted by molar-refractivity contribution is -0.119. The van der Waals surface area contributed by atoms with E-state index in [0.29, 0.717) is 17.9 Å². The summed E-state index contributed by atoms with van der Waals surface area (Å²) in [6, 6.07) is 9.49. The van der Waals surface area contributed by atoms with Gasteiger partial charge in [-0.05, 0) is 75.0 Å². The zero-order chi connectivity index (χ0) is 27.4.